The van der Waals surface area contributed by atoms with Crippen molar-refractivity contribution in [3.05, 3.63) is 77.9 Å². The molecule has 0 unspecified atom stereocenters. The van der Waals surface area contributed by atoms with Crippen molar-refractivity contribution in [1.82, 2.24) is 0 Å². The van der Waals surface area contributed by atoms with Crippen LogP contribution in [0.5, 0.6) is 28.7 Å². The summed E-state index contributed by atoms with van der Waals surface area (Å²) in [6.07, 6.45) is 0.717. The van der Waals surface area contributed by atoms with Crippen molar-refractivity contribution in [1.29, 1.82) is 0 Å². The second kappa shape index (κ2) is 8.30. The van der Waals surface area contributed by atoms with Crippen molar-refractivity contribution in [2.45, 2.75) is 6.42 Å². The highest BCUT2D eigenvalue weighted by Crippen LogP contribution is 2.40. The zero-order chi connectivity index (χ0) is 18.4. The van der Waals surface area contributed by atoms with Crippen LogP contribution in [0.25, 0.3) is 0 Å². The number of para-hydroxylation sites is 1. The molecule has 0 aliphatic carbocycles. The molecule has 0 aliphatic heterocycles. The minimum atomic E-state index is 0.608. The van der Waals surface area contributed by atoms with E-state index in [0.29, 0.717) is 17.2 Å². The Bertz CT molecular complexity index is 842. The van der Waals surface area contributed by atoms with E-state index in [0.717, 1.165) is 29.0 Å². The molecule has 0 fully saturated rings. The smallest absolute Gasteiger partial charge is 0.203 e. The van der Waals surface area contributed by atoms with Gasteiger partial charge in [0, 0.05) is 12.0 Å². The summed E-state index contributed by atoms with van der Waals surface area (Å²) >= 11 is 0. The Kier molecular flexibility index (Phi) is 5.64. The molecule has 134 valence electrons. The highest BCUT2D eigenvalue weighted by atomic mass is 16.5. The van der Waals surface area contributed by atoms with Gasteiger partial charge >= 0.3 is 0 Å². The van der Waals surface area contributed by atoms with Gasteiger partial charge in [-0.15, -0.1) is 0 Å². The summed E-state index contributed by atoms with van der Waals surface area (Å²) in [6, 6.07) is 21.7. The van der Waals surface area contributed by atoms with Gasteiger partial charge in [0.05, 0.1) is 21.3 Å². The standard InChI is InChI=1S/C22H22O4/c1-23-20-14-11-17(21(24-2)22(20)25-3)15-16-9-12-19(13-10-16)26-18-7-5-4-6-8-18/h4-14H,15H2,1-3H3. The average molecular weight is 350 g/mol. The summed E-state index contributed by atoms with van der Waals surface area (Å²) in [4.78, 5) is 0. The van der Waals surface area contributed by atoms with Gasteiger partial charge in [-0.05, 0) is 35.9 Å². The first-order valence-corrected chi connectivity index (χ1v) is 8.35. The minimum Gasteiger partial charge on any atom is -0.493 e. The van der Waals surface area contributed by atoms with Crippen LogP contribution in [0.4, 0.5) is 0 Å². The minimum absolute atomic E-state index is 0.608. The summed E-state index contributed by atoms with van der Waals surface area (Å²) in [5.41, 5.74) is 2.18. The van der Waals surface area contributed by atoms with E-state index in [1.165, 1.54) is 0 Å². The van der Waals surface area contributed by atoms with E-state index in [1.54, 1.807) is 21.3 Å². The Hall–Kier alpha value is -3.14. The van der Waals surface area contributed by atoms with Crippen LogP contribution in [0.2, 0.25) is 0 Å². The fraction of sp³-hybridized carbons (Fsp3) is 0.182. The highest BCUT2D eigenvalue weighted by Gasteiger charge is 2.16. The van der Waals surface area contributed by atoms with Crippen LogP contribution in [0.3, 0.4) is 0 Å². The lowest BCUT2D eigenvalue weighted by atomic mass is 10.0. The molecule has 4 nitrogen and oxygen atoms in total. The van der Waals surface area contributed by atoms with E-state index in [-0.39, 0.29) is 0 Å². The van der Waals surface area contributed by atoms with Crippen molar-refractivity contribution in [2.24, 2.45) is 0 Å². The lowest BCUT2D eigenvalue weighted by molar-refractivity contribution is 0.322. The molecule has 0 amide bonds. The third-order valence-corrected chi connectivity index (χ3v) is 4.08. The number of benzene rings is 3. The summed E-state index contributed by atoms with van der Waals surface area (Å²) in [7, 11) is 4.86. The number of methoxy groups -OCH3 is 3. The predicted molar refractivity (Wildman–Crippen MR) is 102 cm³/mol. The number of hydrogen-bond donors (Lipinski definition) is 0. The fourth-order valence-corrected chi connectivity index (χ4v) is 2.82. The molecule has 3 aromatic rings. The van der Waals surface area contributed by atoms with Crippen molar-refractivity contribution in [3.8, 4) is 28.7 Å². The molecular formula is C22H22O4. The van der Waals surface area contributed by atoms with E-state index >= 15 is 0 Å². The SMILES string of the molecule is COc1ccc(Cc2ccc(Oc3ccccc3)cc2)c(OC)c1OC. The monoisotopic (exact) mass is 350 g/mol. The molecule has 4 heteroatoms. The largest absolute Gasteiger partial charge is 0.493 e. The first kappa shape index (κ1) is 17.7. The van der Waals surface area contributed by atoms with Crippen molar-refractivity contribution in [2.75, 3.05) is 21.3 Å². The van der Waals surface area contributed by atoms with Crippen LogP contribution >= 0.6 is 0 Å². The molecule has 26 heavy (non-hydrogen) atoms. The van der Waals surface area contributed by atoms with E-state index in [9.17, 15) is 0 Å². The van der Waals surface area contributed by atoms with Gasteiger partial charge < -0.3 is 18.9 Å². The number of ether oxygens (including phenoxy) is 4. The maximum Gasteiger partial charge on any atom is 0.203 e. The van der Waals surface area contributed by atoms with Crippen molar-refractivity contribution >= 4 is 0 Å². The quantitative estimate of drug-likeness (QED) is 0.594. The van der Waals surface area contributed by atoms with Crippen molar-refractivity contribution in [3.63, 3.8) is 0 Å². The highest BCUT2D eigenvalue weighted by molar-refractivity contribution is 5.56. The van der Waals surface area contributed by atoms with Crippen LogP contribution in [0.15, 0.2) is 66.7 Å². The fourth-order valence-electron chi connectivity index (χ4n) is 2.82. The average Bonchev–Trinajstić information content (AvgIpc) is 2.69. The molecule has 0 saturated heterocycles. The summed E-state index contributed by atoms with van der Waals surface area (Å²) in [5.74, 6) is 3.58. The van der Waals surface area contributed by atoms with Gasteiger partial charge in [-0.1, -0.05) is 36.4 Å². The van der Waals surface area contributed by atoms with Gasteiger partial charge in [0.1, 0.15) is 11.5 Å². The summed E-state index contributed by atoms with van der Waals surface area (Å²) < 4.78 is 22.2. The molecule has 0 spiro atoms. The molecule has 0 radical (unpaired) electrons. The van der Waals surface area contributed by atoms with Crippen LogP contribution in [-0.2, 0) is 6.42 Å². The van der Waals surface area contributed by atoms with E-state index in [1.807, 2.05) is 54.6 Å². The molecule has 3 aromatic carbocycles. The maximum atomic E-state index is 5.83. The Morgan fingerprint density at radius 3 is 1.88 bits per heavy atom. The molecule has 0 aliphatic rings. The molecule has 0 atom stereocenters. The van der Waals surface area contributed by atoms with Crippen LogP contribution in [-0.4, -0.2) is 21.3 Å². The first-order chi connectivity index (χ1) is 12.7. The van der Waals surface area contributed by atoms with E-state index < -0.39 is 0 Å². The lowest BCUT2D eigenvalue weighted by Gasteiger charge is -2.16. The normalized spacial score (nSPS) is 10.3. The first-order valence-electron chi connectivity index (χ1n) is 8.35. The van der Waals surface area contributed by atoms with Crippen LogP contribution in [0.1, 0.15) is 11.1 Å². The Morgan fingerprint density at radius 2 is 1.27 bits per heavy atom. The zero-order valence-corrected chi connectivity index (χ0v) is 15.2. The van der Waals surface area contributed by atoms with Crippen LogP contribution < -0.4 is 18.9 Å². The van der Waals surface area contributed by atoms with Crippen molar-refractivity contribution < 1.29 is 18.9 Å². The summed E-state index contributed by atoms with van der Waals surface area (Å²) in [5, 5.41) is 0. The maximum absolute atomic E-state index is 5.83. The topological polar surface area (TPSA) is 36.9 Å². The second-order valence-corrected chi connectivity index (χ2v) is 5.73. The Labute approximate surface area is 153 Å². The molecule has 0 aromatic heterocycles. The van der Waals surface area contributed by atoms with Gasteiger partial charge in [0.25, 0.3) is 0 Å². The third kappa shape index (κ3) is 3.91. The van der Waals surface area contributed by atoms with E-state index in [2.05, 4.69) is 12.1 Å². The van der Waals surface area contributed by atoms with Gasteiger partial charge in [-0.3, -0.25) is 0 Å². The van der Waals surface area contributed by atoms with Gasteiger partial charge in [0.2, 0.25) is 5.75 Å². The Balaban J connectivity index is 1.79. The van der Waals surface area contributed by atoms with Gasteiger partial charge in [0.15, 0.2) is 11.5 Å². The number of rotatable bonds is 7. The zero-order valence-electron chi connectivity index (χ0n) is 15.2. The lowest BCUT2D eigenvalue weighted by Crippen LogP contribution is -1.99. The molecule has 0 saturated carbocycles. The van der Waals surface area contributed by atoms with Gasteiger partial charge in [-0.2, -0.15) is 0 Å². The van der Waals surface area contributed by atoms with Gasteiger partial charge in [-0.25, -0.2) is 0 Å². The predicted octanol–water partition coefficient (Wildman–Crippen LogP) is 5.10. The summed E-state index contributed by atoms with van der Waals surface area (Å²) in [6.45, 7) is 0. The third-order valence-electron chi connectivity index (χ3n) is 4.08. The molecule has 0 N–H and O–H groups in total. The second-order valence-electron chi connectivity index (χ2n) is 5.73. The molecular weight excluding hydrogens is 328 g/mol. The van der Waals surface area contributed by atoms with E-state index in [4.69, 9.17) is 18.9 Å². The van der Waals surface area contributed by atoms with Crippen LogP contribution in [0, 0.1) is 0 Å². The Morgan fingerprint density at radius 1 is 0.615 bits per heavy atom. The molecule has 3 rings (SSSR count). The molecule has 0 heterocycles. The number of hydrogen-bond acceptors (Lipinski definition) is 4. The molecule has 0 bridgehead atoms.